The van der Waals surface area contributed by atoms with Gasteiger partial charge < -0.3 is 5.32 Å². The van der Waals surface area contributed by atoms with Gasteiger partial charge in [0.05, 0.1) is 16.7 Å². The fourth-order valence-corrected chi connectivity index (χ4v) is 3.01. The lowest BCUT2D eigenvalue weighted by atomic mass is 10.2. The molecule has 3 aromatic rings. The van der Waals surface area contributed by atoms with Crippen molar-refractivity contribution in [2.75, 3.05) is 5.32 Å². The third-order valence-electron chi connectivity index (χ3n) is 3.81. The van der Waals surface area contributed by atoms with Crippen LogP contribution in [-0.2, 0) is 17.9 Å². The zero-order valence-corrected chi connectivity index (χ0v) is 16.5. The molecule has 0 bridgehead atoms. The summed E-state index contributed by atoms with van der Waals surface area (Å²) in [4.78, 5) is 12.2. The van der Waals surface area contributed by atoms with Crippen LogP contribution in [0.2, 0.25) is 5.02 Å². The van der Waals surface area contributed by atoms with E-state index >= 15 is 0 Å². The standard InChI is InChI=1S/C17H16BrClFN5O/c1-10-6-16(21-17(26)9-24-8-13(18)11(2)22-24)23-25(10)7-12-14(19)4-3-5-15(12)20/h3-6,8H,7,9H2,1-2H3,(H,21,23,26). The first kappa shape index (κ1) is 18.6. The van der Waals surface area contributed by atoms with Crippen LogP contribution in [0.5, 0.6) is 0 Å². The second kappa shape index (κ2) is 7.59. The summed E-state index contributed by atoms with van der Waals surface area (Å²) in [5.74, 6) is -0.255. The Balaban J connectivity index is 1.70. The Labute approximate surface area is 163 Å². The minimum Gasteiger partial charge on any atom is -0.308 e. The molecule has 1 aromatic carbocycles. The molecule has 0 saturated heterocycles. The number of nitrogens with one attached hydrogen (secondary N) is 1. The molecule has 6 nitrogen and oxygen atoms in total. The molecular formula is C17H16BrClFN5O. The lowest BCUT2D eigenvalue weighted by Gasteiger charge is -2.07. The number of nitrogens with zero attached hydrogens (tertiary/aromatic N) is 4. The molecule has 0 fully saturated rings. The van der Waals surface area contributed by atoms with Crippen LogP contribution in [0.4, 0.5) is 10.2 Å². The third kappa shape index (κ3) is 4.13. The number of amides is 1. The number of benzene rings is 1. The van der Waals surface area contributed by atoms with Gasteiger partial charge in [0.2, 0.25) is 5.91 Å². The number of carbonyl (C=O) groups excluding carboxylic acids is 1. The Morgan fingerprint density at radius 1 is 1.35 bits per heavy atom. The Bertz CT molecular complexity index is 928. The molecule has 0 aliphatic rings. The molecule has 0 unspecified atom stereocenters. The summed E-state index contributed by atoms with van der Waals surface area (Å²) in [7, 11) is 0. The summed E-state index contributed by atoms with van der Waals surface area (Å²) in [5.41, 5.74) is 1.94. The van der Waals surface area contributed by atoms with Crippen molar-refractivity contribution >= 4 is 39.3 Å². The quantitative estimate of drug-likeness (QED) is 0.653. The minimum atomic E-state index is -0.391. The zero-order chi connectivity index (χ0) is 18.8. The van der Waals surface area contributed by atoms with Gasteiger partial charge in [-0.25, -0.2) is 4.39 Å². The molecule has 2 aromatic heterocycles. The molecule has 9 heteroatoms. The Kier molecular flexibility index (Phi) is 5.43. The summed E-state index contributed by atoms with van der Waals surface area (Å²) in [6, 6.07) is 6.26. The van der Waals surface area contributed by atoms with Gasteiger partial charge in [0.25, 0.3) is 0 Å². The molecule has 0 saturated carbocycles. The molecule has 0 atom stereocenters. The van der Waals surface area contributed by atoms with Gasteiger partial charge in [-0.1, -0.05) is 17.7 Å². The molecule has 1 N–H and O–H groups in total. The smallest absolute Gasteiger partial charge is 0.247 e. The Morgan fingerprint density at radius 2 is 2.12 bits per heavy atom. The monoisotopic (exact) mass is 439 g/mol. The number of carbonyl (C=O) groups is 1. The maximum Gasteiger partial charge on any atom is 0.247 e. The zero-order valence-electron chi connectivity index (χ0n) is 14.1. The molecule has 0 aliphatic carbocycles. The molecule has 2 heterocycles. The average molecular weight is 441 g/mol. The highest BCUT2D eigenvalue weighted by Crippen LogP contribution is 2.21. The number of anilines is 1. The van der Waals surface area contributed by atoms with Gasteiger partial charge in [-0.05, 0) is 41.9 Å². The SMILES string of the molecule is Cc1nn(CC(=O)Nc2cc(C)n(Cc3c(F)cccc3Cl)n2)cc1Br. The van der Waals surface area contributed by atoms with E-state index in [2.05, 4.69) is 31.4 Å². The van der Waals surface area contributed by atoms with E-state index in [0.29, 0.717) is 16.4 Å². The van der Waals surface area contributed by atoms with Gasteiger partial charge in [-0.3, -0.25) is 14.2 Å². The van der Waals surface area contributed by atoms with Gasteiger partial charge in [0.1, 0.15) is 12.4 Å². The number of rotatable bonds is 5. The predicted octanol–water partition coefficient (Wildman–Crippen LogP) is 3.94. The van der Waals surface area contributed by atoms with Crippen LogP contribution in [0.15, 0.2) is 34.9 Å². The van der Waals surface area contributed by atoms with E-state index in [-0.39, 0.29) is 19.0 Å². The first-order valence-corrected chi connectivity index (χ1v) is 8.97. The second-order valence-electron chi connectivity index (χ2n) is 5.84. The topological polar surface area (TPSA) is 64.7 Å². The fraction of sp³-hybridized carbons (Fsp3) is 0.235. The Hall–Kier alpha value is -2.19. The summed E-state index contributed by atoms with van der Waals surface area (Å²) in [6.45, 7) is 3.92. The number of hydrogen-bond donors (Lipinski definition) is 1. The van der Waals surface area contributed by atoms with E-state index in [0.717, 1.165) is 15.9 Å². The van der Waals surface area contributed by atoms with Crippen LogP contribution < -0.4 is 5.32 Å². The Morgan fingerprint density at radius 3 is 2.77 bits per heavy atom. The summed E-state index contributed by atoms with van der Waals surface area (Å²) in [5, 5.41) is 11.6. The van der Waals surface area contributed by atoms with E-state index in [4.69, 9.17) is 11.6 Å². The molecule has 0 aliphatic heterocycles. The van der Waals surface area contributed by atoms with Gasteiger partial charge in [-0.2, -0.15) is 10.2 Å². The van der Waals surface area contributed by atoms with E-state index < -0.39 is 5.82 Å². The number of hydrogen-bond acceptors (Lipinski definition) is 3. The van der Waals surface area contributed by atoms with Gasteiger partial charge in [0.15, 0.2) is 5.82 Å². The maximum absolute atomic E-state index is 14.0. The van der Waals surface area contributed by atoms with Crippen molar-refractivity contribution in [1.82, 2.24) is 19.6 Å². The summed E-state index contributed by atoms with van der Waals surface area (Å²) < 4.78 is 17.9. The normalized spacial score (nSPS) is 11.0. The molecule has 0 spiro atoms. The highest BCUT2D eigenvalue weighted by molar-refractivity contribution is 9.10. The van der Waals surface area contributed by atoms with Gasteiger partial charge >= 0.3 is 0 Å². The van der Waals surface area contributed by atoms with E-state index in [1.54, 1.807) is 29.1 Å². The number of aromatic nitrogens is 4. The second-order valence-corrected chi connectivity index (χ2v) is 7.10. The highest BCUT2D eigenvalue weighted by atomic mass is 79.9. The van der Waals surface area contributed by atoms with Gasteiger partial charge in [0, 0.05) is 28.5 Å². The highest BCUT2D eigenvalue weighted by Gasteiger charge is 2.13. The van der Waals surface area contributed by atoms with Crippen LogP contribution in [0.3, 0.4) is 0 Å². The average Bonchev–Trinajstić information content (AvgIpc) is 3.05. The predicted molar refractivity (Wildman–Crippen MR) is 101 cm³/mol. The van der Waals surface area contributed by atoms with Crippen molar-refractivity contribution in [3.8, 4) is 0 Å². The molecular weight excluding hydrogens is 425 g/mol. The number of aryl methyl sites for hydroxylation is 2. The van der Waals surface area contributed by atoms with Gasteiger partial charge in [-0.15, -0.1) is 0 Å². The van der Waals surface area contributed by atoms with Crippen molar-refractivity contribution in [2.45, 2.75) is 26.9 Å². The van der Waals surface area contributed by atoms with Crippen LogP contribution in [0.1, 0.15) is 17.0 Å². The maximum atomic E-state index is 14.0. The van der Waals surface area contributed by atoms with Crippen molar-refractivity contribution in [3.63, 3.8) is 0 Å². The third-order valence-corrected chi connectivity index (χ3v) is 4.94. The van der Waals surface area contributed by atoms with E-state index in [1.165, 1.54) is 10.7 Å². The molecule has 0 radical (unpaired) electrons. The van der Waals surface area contributed by atoms with Crippen molar-refractivity contribution in [1.29, 1.82) is 0 Å². The lowest BCUT2D eigenvalue weighted by molar-refractivity contribution is -0.116. The number of halogens is 3. The van der Waals surface area contributed by atoms with Crippen LogP contribution >= 0.6 is 27.5 Å². The van der Waals surface area contributed by atoms with E-state index in [1.807, 2.05) is 13.8 Å². The van der Waals surface area contributed by atoms with Crippen LogP contribution in [0, 0.1) is 19.7 Å². The van der Waals surface area contributed by atoms with Crippen LogP contribution in [-0.4, -0.2) is 25.5 Å². The first-order chi connectivity index (χ1) is 12.3. The fourth-order valence-electron chi connectivity index (χ4n) is 2.47. The summed E-state index contributed by atoms with van der Waals surface area (Å²) in [6.07, 6.45) is 1.74. The lowest BCUT2D eigenvalue weighted by Crippen LogP contribution is -2.19. The molecule has 1 amide bonds. The van der Waals surface area contributed by atoms with Crippen molar-refractivity contribution in [3.05, 3.63) is 62.7 Å². The van der Waals surface area contributed by atoms with Crippen molar-refractivity contribution in [2.24, 2.45) is 0 Å². The summed E-state index contributed by atoms with van der Waals surface area (Å²) >= 11 is 9.42. The molecule has 3 rings (SSSR count). The molecule has 136 valence electrons. The first-order valence-electron chi connectivity index (χ1n) is 7.80. The largest absolute Gasteiger partial charge is 0.308 e. The van der Waals surface area contributed by atoms with Crippen molar-refractivity contribution < 1.29 is 9.18 Å². The van der Waals surface area contributed by atoms with Crippen LogP contribution in [0.25, 0.3) is 0 Å². The molecule has 26 heavy (non-hydrogen) atoms. The van der Waals surface area contributed by atoms with E-state index in [9.17, 15) is 9.18 Å². The minimum absolute atomic E-state index is 0.0670.